The van der Waals surface area contributed by atoms with Crippen molar-refractivity contribution in [3.05, 3.63) is 65.7 Å². The molecule has 0 bridgehead atoms. The van der Waals surface area contributed by atoms with E-state index in [1.165, 1.54) is 12.1 Å². The Hall–Kier alpha value is -4.66. The molecule has 0 spiro atoms. The Morgan fingerprint density at radius 3 is 1.81 bits per heavy atom. The Kier molecular flexibility index (Phi) is 17.1. The maximum Gasteiger partial charge on any atom is 0.573 e. The van der Waals surface area contributed by atoms with Gasteiger partial charge in [-0.05, 0) is 47.4 Å². The van der Waals surface area contributed by atoms with Crippen LogP contribution in [0.15, 0.2) is 54.6 Å². The van der Waals surface area contributed by atoms with E-state index in [-0.39, 0.29) is 36.7 Å². The van der Waals surface area contributed by atoms with E-state index in [1.54, 1.807) is 39.8 Å². The second-order valence-corrected chi connectivity index (χ2v) is 13.5. The quantitative estimate of drug-likeness (QED) is 0.118. The summed E-state index contributed by atoms with van der Waals surface area (Å²) in [6.07, 6.45) is -4.31. The molecule has 52 heavy (non-hydrogen) atoms. The number of alkyl halides is 3. The minimum Gasteiger partial charge on any atom is -0.480 e. The summed E-state index contributed by atoms with van der Waals surface area (Å²) in [4.78, 5) is 65.2. The number of aliphatic carboxylic acids is 1. The Bertz CT molecular complexity index is 1490. The largest absolute Gasteiger partial charge is 0.573 e. The molecular formula is C37H52F3N5O7. The summed E-state index contributed by atoms with van der Waals surface area (Å²) in [6, 6.07) is 9.06. The third-order valence-electron chi connectivity index (χ3n) is 8.92. The number of carboxylic acid groups (broad SMARTS) is 1. The fourth-order valence-corrected chi connectivity index (χ4v) is 5.46. The van der Waals surface area contributed by atoms with E-state index in [4.69, 9.17) is 5.73 Å². The van der Waals surface area contributed by atoms with Gasteiger partial charge in [0.2, 0.25) is 23.6 Å². The molecule has 2 rings (SSSR count). The average molecular weight is 736 g/mol. The number of hydrogen-bond donors (Lipinski definition) is 6. The fraction of sp³-hybridized carbons (Fsp3) is 0.541. The summed E-state index contributed by atoms with van der Waals surface area (Å²) in [6.45, 7) is 10.5. The maximum absolute atomic E-state index is 13.8. The normalized spacial score (nSPS) is 15.6. The van der Waals surface area contributed by atoms with Gasteiger partial charge in [0, 0.05) is 18.5 Å². The van der Waals surface area contributed by atoms with Gasteiger partial charge in [-0.3, -0.25) is 19.2 Å². The first-order valence-corrected chi connectivity index (χ1v) is 17.4. The standard InChI is InChI=1S/C37H52F3N5O7/c1-7-22(5)32(43-29(46)19-25-15-12-16-26(17-25)52-37(38,39)40)34(48)42-28(18-24-13-10-9-11-14-24)27(41)20-30(47)44-33(23(6)8-2)35(49)45-31(21(3)4)36(50)51/h9-17,21-23,27-28,31-33H,7-8,18-20,41H2,1-6H3,(H,42,48)(H,43,46)(H,44,47)(H,45,49)(H,50,51)/t22?,23-,27-,28-,31?,32?,33-/m0/s1. The van der Waals surface area contributed by atoms with E-state index in [2.05, 4.69) is 26.0 Å². The summed E-state index contributed by atoms with van der Waals surface area (Å²) in [5.74, 6) is -5.19. The van der Waals surface area contributed by atoms with E-state index in [0.29, 0.717) is 12.8 Å². The molecule has 12 nitrogen and oxygen atoms in total. The lowest BCUT2D eigenvalue weighted by Crippen LogP contribution is -2.58. The first kappa shape index (κ1) is 43.5. The van der Waals surface area contributed by atoms with Gasteiger partial charge in [0.15, 0.2) is 0 Å². The summed E-state index contributed by atoms with van der Waals surface area (Å²) < 4.78 is 42.1. The van der Waals surface area contributed by atoms with Gasteiger partial charge in [0.05, 0.1) is 6.42 Å². The van der Waals surface area contributed by atoms with Gasteiger partial charge in [0.1, 0.15) is 23.9 Å². The number of hydrogen-bond acceptors (Lipinski definition) is 7. The summed E-state index contributed by atoms with van der Waals surface area (Å²) in [5, 5.41) is 20.4. The molecule has 288 valence electrons. The molecule has 7 atom stereocenters. The van der Waals surface area contributed by atoms with E-state index in [9.17, 15) is 42.3 Å². The third-order valence-corrected chi connectivity index (χ3v) is 8.92. The second-order valence-electron chi connectivity index (χ2n) is 13.5. The zero-order chi connectivity index (χ0) is 39.2. The van der Waals surface area contributed by atoms with Gasteiger partial charge in [-0.15, -0.1) is 13.2 Å². The fourth-order valence-electron chi connectivity index (χ4n) is 5.46. The van der Waals surface area contributed by atoms with Crippen molar-refractivity contribution < 1.29 is 47.0 Å². The number of nitrogens with two attached hydrogens (primary N) is 1. The Morgan fingerprint density at radius 1 is 0.750 bits per heavy atom. The van der Waals surface area contributed by atoms with Gasteiger partial charge in [0.25, 0.3) is 0 Å². The third kappa shape index (κ3) is 14.5. The monoisotopic (exact) mass is 735 g/mol. The topological polar surface area (TPSA) is 189 Å². The SMILES string of the molecule is CCC(C)C(NC(=O)Cc1cccc(OC(F)(F)F)c1)C(=O)N[C@@H](Cc1ccccc1)[C@@H](N)CC(=O)N[C@H](C(=O)NC(C(=O)O)C(C)C)[C@@H](C)CC. The maximum atomic E-state index is 13.8. The van der Waals surface area contributed by atoms with Crippen LogP contribution >= 0.6 is 0 Å². The molecule has 0 radical (unpaired) electrons. The average Bonchev–Trinajstić information content (AvgIpc) is 3.06. The number of amides is 4. The zero-order valence-electron chi connectivity index (χ0n) is 30.5. The smallest absolute Gasteiger partial charge is 0.480 e. The summed E-state index contributed by atoms with van der Waals surface area (Å²) in [7, 11) is 0. The molecule has 0 aliphatic carbocycles. The molecule has 0 fully saturated rings. The molecule has 0 heterocycles. The molecule has 0 aromatic heterocycles. The van der Waals surface area contributed by atoms with Gasteiger partial charge < -0.3 is 36.8 Å². The van der Waals surface area contributed by atoms with Crippen LogP contribution in [0.2, 0.25) is 0 Å². The van der Waals surface area contributed by atoms with E-state index in [1.807, 2.05) is 32.0 Å². The lowest BCUT2D eigenvalue weighted by Gasteiger charge is -2.30. The summed E-state index contributed by atoms with van der Waals surface area (Å²) >= 11 is 0. The number of rotatable bonds is 20. The van der Waals surface area contributed by atoms with Crippen molar-refractivity contribution in [1.82, 2.24) is 21.3 Å². The number of ether oxygens (including phenoxy) is 1. The van der Waals surface area contributed by atoms with Crippen LogP contribution in [-0.2, 0) is 36.8 Å². The van der Waals surface area contributed by atoms with Crippen molar-refractivity contribution in [1.29, 1.82) is 0 Å². The molecule has 0 aliphatic heterocycles. The molecule has 0 saturated carbocycles. The van der Waals surface area contributed by atoms with Gasteiger partial charge in [-0.25, -0.2) is 4.79 Å². The van der Waals surface area contributed by atoms with Crippen LogP contribution in [0, 0.1) is 17.8 Å². The van der Waals surface area contributed by atoms with Crippen molar-refractivity contribution in [2.75, 3.05) is 0 Å². The van der Waals surface area contributed by atoms with E-state index < -0.39 is 77.8 Å². The van der Waals surface area contributed by atoms with Crippen LogP contribution in [-0.4, -0.2) is 71.3 Å². The summed E-state index contributed by atoms with van der Waals surface area (Å²) in [5.41, 5.74) is 7.62. The Labute approximate surface area is 302 Å². The molecule has 3 unspecified atom stereocenters. The number of halogens is 3. The molecule has 4 amide bonds. The van der Waals surface area contributed by atoms with Crippen LogP contribution in [0.3, 0.4) is 0 Å². The first-order valence-electron chi connectivity index (χ1n) is 17.4. The number of carboxylic acids is 1. The molecule has 2 aromatic carbocycles. The van der Waals surface area contributed by atoms with Crippen molar-refractivity contribution in [3.8, 4) is 5.75 Å². The molecule has 2 aromatic rings. The van der Waals surface area contributed by atoms with Crippen LogP contribution in [0.25, 0.3) is 0 Å². The highest BCUT2D eigenvalue weighted by Crippen LogP contribution is 2.23. The van der Waals surface area contributed by atoms with Crippen LogP contribution in [0.1, 0.15) is 71.9 Å². The van der Waals surface area contributed by atoms with Crippen LogP contribution in [0.4, 0.5) is 13.2 Å². The minimum absolute atomic E-state index is 0.220. The second kappa shape index (κ2) is 20.4. The lowest BCUT2D eigenvalue weighted by molar-refractivity contribution is -0.274. The minimum atomic E-state index is -4.90. The number of nitrogens with one attached hydrogen (secondary N) is 4. The van der Waals surface area contributed by atoms with Crippen molar-refractivity contribution in [2.45, 2.75) is 110 Å². The Balaban J connectivity index is 2.25. The first-order chi connectivity index (χ1) is 24.3. The van der Waals surface area contributed by atoms with Crippen molar-refractivity contribution in [2.24, 2.45) is 23.5 Å². The van der Waals surface area contributed by atoms with Crippen LogP contribution in [0.5, 0.6) is 5.75 Å². The lowest BCUT2D eigenvalue weighted by atomic mass is 9.93. The highest BCUT2D eigenvalue weighted by atomic mass is 19.4. The van der Waals surface area contributed by atoms with E-state index in [0.717, 1.165) is 17.7 Å². The van der Waals surface area contributed by atoms with Crippen LogP contribution < -0.4 is 31.7 Å². The van der Waals surface area contributed by atoms with Crippen molar-refractivity contribution >= 4 is 29.6 Å². The van der Waals surface area contributed by atoms with Gasteiger partial charge in [-0.1, -0.05) is 96.8 Å². The molecule has 15 heteroatoms. The highest BCUT2D eigenvalue weighted by molar-refractivity contribution is 5.91. The number of carbonyl (C=O) groups excluding carboxylic acids is 4. The van der Waals surface area contributed by atoms with Gasteiger partial charge in [-0.2, -0.15) is 0 Å². The van der Waals surface area contributed by atoms with E-state index >= 15 is 0 Å². The predicted molar refractivity (Wildman–Crippen MR) is 189 cm³/mol. The predicted octanol–water partition coefficient (Wildman–Crippen LogP) is 3.86. The van der Waals surface area contributed by atoms with Gasteiger partial charge >= 0.3 is 12.3 Å². The molecular weight excluding hydrogens is 683 g/mol. The Morgan fingerprint density at radius 2 is 1.29 bits per heavy atom. The number of carbonyl (C=O) groups is 5. The number of benzene rings is 2. The molecule has 0 saturated heterocycles. The van der Waals surface area contributed by atoms with Crippen molar-refractivity contribution in [3.63, 3.8) is 0 Å². The molecule has 7 N–H and O–H groups in total. The molecule has 0 aliphatic rings. The zero-order valence-corrected chi connectivity index (χ0v) is 30.5. The highest BCUT2D eigenvalue weighted by Gasteiger charge is 2.34.